The van der Waals surface area contributed by atoms with Crippen molar-refractivity contribution in [3.8, 4) is 0 Å². The first-order chi connectivity index (χ1) is 9.50. The molecule has 0 bridgehead atoms. The van der Waals surface area contributed by atoms with Gasteiger partial charge in [-0.25, -0.2) is 0 Å². The van der Waals surface area contributed by atoms with E-state index in [0.717, 1.165) is 11.4 Å². The highest BCUT2D eigenvalue weighted by Gasteiger charge is 2.43. The molecule has 1 unspecified atom stereocenters. The van der Waals surface area contributed by atoms with Crippen molar-refractivity contribution in [2.75, 3.05) is 11.4 Å². The molecule has 0 spiro atoms. The number of furan rings is 1. The normalized spacial score (nSPS) is 22.1. The van der Waals surface area contributed by atoms with Crippen LogP contribution in [0.15, 0.2) is 50.5 Å². The van der Waals surface area contributed by atoms with Crippen molar-refractivity contribution >= 4 is 27.6 Å². The summed E-state index contributed by atoms with van der Waals surface area (Å²) in [4.78, 5) is 6.44. The molecule has 0 amide bonds. The lowest BCUT2D eigenvalue weighted by molar-refractivity contribution is 0.378. The smallest absolute Gasteiger partial charge is 0.196 e. The van der Waals surface area contributed by atoms with Crippen LogP contribution in [0.5, 0.6) is 0 Å². The second-order valence-corrected chi connectivity index (χ2v) is 6.01. The first kappa shape index (κ1) is 13.2. The SMILES string of the molecule is Cc1cccc(N2C(N)=NCC2(C)c2ccc(Br)o2)c1. The summed E-state index contributed by atoms with van der Waals surface area (Å²) >= 11 is 3.35. The predicted octanol–water partition coefficient (Wildman–Crippen LogP) is 3.40. The maximum atomic E-state index is 6.10. The largest absolute Gasteiger partial charge is 0.452 e. The summed E-state index contributed by atoms with van der Waals surface area (Å²) in [6.45, 7) is 4.73. The molecule has 1 aliphatic heterocycles. The van der Waals surface area contributed by atoms with Crippen LogP contribution in [0.25, 0.3) is 0 Å². The molecule has 1 atom stereocenters. The Balaban J connectivity index is 2.08. The second kappa shape index (κ2) is 4.66. The van der Waals surface area contributed by atoms with Gasteiger partial charge in [-0.2, -0.15) is 0 Å². The van der Waals surface area contributed by atoms with E-state index in [2.05, 4.69) is 46.9 Å². The third-order valence-corrected chi connectivity index (χ3v) is 4.06. The fraction of sp³-hybridized carbons (Fsp3) is 0.267. The van der Waals surface area contributed by atoms with Crippen LogP contribution in [0.1, 0.15) is 18.2 Å². The summed E-state index contributed by atoms with van der Waals surface area (Å²) in [5.74, 6) is 1.36. The maximum absolute atomic E-state index is 6.10. The Morgan fingerprint density at radius 3 is 2.80 bits per heavy atom. The van der Waals surface area contributed by atoms with Gasteiger partial charge in [0, 0.05) is 5.69 Å². The Kier molecular flexibility index (Phi) is 3.09. The predicted molar refractivity (Wildman–Crippen MR) is 83.9 cm³/mol. The van der Waals surface area contributed by atoms with Crippen LogP contribution in [-0.2, 0) is 5.54 Å². The van der Waals surface area contributed by atoms with Crippen LogP contribution in [0.4, 0.5) is 5.69 Å². The fourth-order valence-corrected chi connectivity index (χ4v) is 2.91. The summed E-state index contributed by atoms with van der Waals surface area (Å²) in [6, 6.07) is 12.1. The molecule has 2 aromatic rings. The first-order valence-electron chi connectivity index (χ1n) is 6.43. The molecule has 0 saturated carbocycles. The van der Waals surface area contributed by atoms with Gasteiger partial charge in [0.15, 0.2) is 10.6 Å². The number of anilines is 1. The van der Waals surface area contributed by atoms with E-state index in [-0.39, 0.29) is 0 Å². The zero-order valence-electron chi connectivity index (χ0n) is 11.4. The molecule has 1 aliphatic rings. The Morgan fingerprint density at radius 2 is 2.15 bits per heavy atom. The van der Waals surface area contributed by atoms with Crippen molar-refractivity contribution in [1.82, 2.24) is 0 Å². The van der Waals surface area contributed by atoms with Crippen molar-refractivity contribution in [3.63, 3.8) is 0 Å². The minimum absolute atomic E-state index is 0.399. The van der Waals surface area contributed by atoms with E-state index in [9.17, 15) is 0 Å². The highest BCUT2D eigenvalue weighted by Crippen LogP contribution is 2.38. The summed E-state index contributed by atoms with van der Waals surface area (Å²) in [5.41, 5.74) is 7.92. The van der Waals surface area contributed by atoms with Crippen molar-refractivity contribution < 1.29 is 4.42 Å². The summed E-state index contributed by atoms with van der Waals surface area (Å²) < 4.78 is 6.46. The number of rotatable bonds is 2. The van der Waals surface area contributed by atoms with Crippen molar-refractivity contribution in [2.24, 2.45) is 10.7 Å². The van der Waals surface area contributed by atoms with Crippen molar-refractivity contribution in [3.05, 3.63) is 52.4 Å². The number of aliphatic imine (C=N–C) groups is 1. The molecular formula is C15H16BrN3O. The van der Waals surface area contributed by atoms with Gasteiger partial charge in [-0.15, -0.1) is 0 Å². The molecule has 2 heterocycles. The highest BCUT2D eigenvalue weighted by atomic mass is 79.9. The zero-order chi connectivity index (χ0) is 14.3. The molecule has 2 N–H and O–H groups in total. The second-order valence-electron chi connectivity index (χ2n) is 5.23. The van der Waals surface area contributed by atoms with Gasteiger partial charge in [-0.3, -0.25) is 9.89 Å². The third kappa shape index (κ3) is 2.02. The lowest BCUT2D eigenvalue weighted by Crippen LogP contribution is -2.47. The maximum Gasteiger partial charge on any atom is 0.196 e. The molecular weight excluding hydrogens is 318 g/mol. The number of halogens is 1. The monoisotopic (exact) mass is 333 g/mol. The van der Waals surface area contributed by atoms with Gasteiger partial charge in [0.05, 0.1) is 6.54 Å². The van der Waals surface area contributed by atoms with E-state index >= 15 is 0 Å². The molecule has 1 aromatic carbocycles. The quantitative estimate of drug-likeness (QED) is 0.916. The lowest BCUT2D eigenvalue weighted by Gasteiger charge is -2.34. The van der Waals surface area contributed by atoms with E-state index < -0.39 is 5.54 Å². The number of benzene rings is 1. The van der Waals surface area contributed by atoms with Gasteiger partial charge < -0.3 is 10.2 Å². The van der Waals surface area contributed by atoms with Gasteiger partial charge in [0.1, 0.15) is 11.3 Å². The number of hydrogen-bond donors (Lipinski definition) is 1. The van der Waals surface area contributed by atoms with Gasteiger partial charge >= 0.3 is 0 Å². The Bertz CT molecular complexity index is 679. The van der Waals surface area contributed by atoms with E-state index in [1.165, 1.54) is 5.56 Å². The number of hydrogen-bond acceptors (Lipinski definition) is 4. The average molecular weight is 334 g/mol. The van der Waals surface area contributed by atoms with Crippen LogP contribution < -0.4 is 10.6 Å². The Labute approximate surface area is 126 Å². The highest BCUT2D eigenvalue weighted by molar-refractivity contribution is 9.10. The Hall–Kier alpha value is -1.75. The zero-order valence-corrected chi connectivity index (χ0v) is 13.0. The molecule has 4 nitrogen and oxygen atoms in total. The van der Waals surface area contributed by atoms with Crippen molar-refractivity contribution in [1.29, 1.82) is 0 Å². The average Bonchev–Trinajstić information content (AvgIpc) is 2.95. The van der Waals surface area contributed by atoms with E-state index in [0.29, 0.717) is 17.2 Å². The summed E-state index contributed by atoms with van der Waals surface area (Å²) in [5, 5.41) is 0. The van der Waals surface area contributed by atoms with Gasteiger partial charge in [0.25, 0.3) is 0 Å². The van der Waals surface area contributed by atoms with Crippen LogP contribution in [0, 0.1) is 6.92 Å². The van der Waals surface area contributed by atoms with E-state index in [1.807, 2.05) is 29.2 Å². The van der Waals surface area contributed by atoms with Gasteiger partial charge in [0.2, 0.25) is 0 Å². The van der Waals surface area contributed by atoms with Gasteiger partial charge in [-0.1, -0.05) is 12.1 Å². The molecule has 0 saturated heterocycles. The standard InChI is InChI=1S/C15H16BrN3O/c1-10-4-3-5-11(8-10)19-14(17)18-9-15(19,2)12-6-7-13(16)20-12/h3-8H,9H2,1-2H3,(H2,17,18). The molecule has 0 radical (unpaired) electrons. The number of nitrogens with zero attached hydrogens (tertiary/aromatic N) is 2. The number of aryl methyl sites for hydroxylation is 1. The number of guanidine groups is 1. The van der Waals surface area contributed by atoms with Crippen LogP contribution >= 0.6 is 15.9 Å². The third-order valence-electron chi connectivity index (χ3n) is 3.64. The van der Waals surface area contributed by atoms with Crippen LogP contribution in [-0.4, -0.2) is 12.5 Å². The van der Waals surface area contributed by atoms with Crippen molar-refractivity contribution in [2.45, 2.75) is 19.4 Å². The molecule has 0 fully saturated rings. The molecule has 1 aromatic heterocycles. The summed E-state index contributed by atoms with van der Waals surface area (Å²) in [6.07, 6.45) is 0. The lowest BCUT2D eigenvalue weighted by atomic mass is 9.97. The molecule has 5 heteroatoms. The van der Waals surface area contributed by atoms with E-state index in [4.69, 9.17) is 10.2 Å². The first-order valence-corrected chi connectivity index (χ1v) is 7.23. The fourth-order valence-electron chi connectivity index (χ4n) is 2.61. The molecule has 104 valence electrons. The Morgan fingerprint density at radius 1 is 1.35 bits per heavy atom. The summed E-state index contributed by atoms with van der Waals surface area (Å²) in [7, 11) is 0. The minimum atomic E-state index is -0.399. The number of nitrogens with two attached hydrogens (primary N) is 1. The minimum Gasteiger partial charge on any atom is -0.452 e. The topological polar surface area (TPSA) is 54.8 Å². The van der Waals surface area contributed by atoms with Crippen LogP contribution in [0.3, 0.4) is 0 Å². The van der Waals surface area contributed by atoms with Crippen LogP contribution in [0.2, 0.25) is 0 Å². The van der Waals surface area contributed by atoms with E-state index in [1.54, 1.807) is 0 Å². The molecule has 0 aliphatic carbocycles. The molecule has 3 rings (SSSR count). The van der Waals surface area contributed by atoms with Gasteiger partial charge in [-0.05, 0) is 59.6 Å². The molecule has 20 heavy (non-hydrogen) atoms.